The van der Waals surface area contributed by atoms with Gasteiger partial charge < -0.3 is 15.7 Å². The fourth-order valence-corrected chi connectivity index (χ4v) is 1.69. The Labute approximate surface area is 88.6 Å². The third-order valence-electron chi connectivity index (χ3n) is 2.86. The molecule has 0 aromatic carbocycles. The van der Waals surface area contributed by atoms with Gasteiger partial charge >= 0.3 is 5.97 Å². The molecule has 86 valence electrons. The summed E-state index contributed by atoms with van der Waals surface area (Å²) in [7, 11) is 3.35. The first-order valence-corrected chi connectivity index (χ1v) is 4.84. The zero-order valence-corrected chi connectivity index (χ0v) is 9.04. The molecule has 0 saturated carbocycles. The molecule has 1 amide bonds. The fourth-order valence-electron chi connectivity index (χ4n) is 1.69. The van der Waals surface area contributed by atoms with Crippen LogP contribution in [0.15, 0.2) is 0 Å². The molecule has 0 spiro atoms. The Kier molecular flexibility index (Phi) is 3.65. The summed E-state index contributed by atoms with van der Waals surface area (Å²) in [4.78, 5) is 23.7. The average Bonchev–Trinajstić information content (AvgIpc) is 2.10. The summed E-state index contributed by atoms with van der Waals surface area (Å²) in [5, 5.41) is 14.4. The van der Waals surface area contributed by atoms with Crippen molar-refractivity contribution in [1.82, 2.24) is 15.5 Å². The van der Waals surface area contributed by atoms with Crippen LogP contribution in [0.2, 0.25) is 0 Å². The summed E-state index contributed by atoms with van der Waals surface area (Å²) in [6, 6.07) is 0. The molecule has 0 aliphatic carbocycles. The lowest BCUT2D eigenvalue weighted by atomic mass is 9.87. The van der Waals surface area contributed by atoms with Gasteiger partial charge in [0.1, 0.15) is 0 Å². The monoisotopic (exact) mass is 215 g/mol. The van der Waals surface area contributed by atoms with Gasteiger partial charge in [-0.25, -0.2) is 0 Å². The number of carbonyl (C=O) groups is 2. The van der Waals surface area contributed by atoms with Crippen LogP contribution in [0.5, 0.6) is 0 Å². The predicted octanol–water partition coefficient (Wildman–Crippen LogP) is -1.52. The van der Waals surface area contributed by atoms with E-state index in [2.05, 4.69) is 10.6 Å². The first-order chi connectivity index (χ1) is 7.00. The highest BCUT2D eigenvalue weighted by molar-refractivity contribution is 5.78. The van der Waals surface area contributed by atoms with Crippen LogP contribution < -0.4 is 10.6 Å². The molecule has 6 nitrogen and oxygen atoms in total. The SMILES string of the molecule is CNC(=O)CN(C)C1(CC(=O)O)CNC1. The molecule has 1 heterocycles. The van der Waals surface area contributed by atoms with Gasteiger partial charge in [-0.3, -0.25) is 14.5 Å². The molecule has 3 N–H and O–H groups in total. The van der Waals surface area contributed by atoms with Crippen molar-refractivity contribution in [2.24, 2.45) is 0 Å². The molecule has 1 aliphatic rings. The standard InChI is InChI=1S/C9H17N3O3/c1-10-7(13)4-12(2)9(3-8(14)15)5-11-6-9/h11H,3-6H2,1-2H3,(H,10,13)(H,14,15). The number of carboxylic acids is 1. The van der Waals surface area contributed by atoms with Crippen LogP contribution in [0.4, 0.5) is 0 Å². The van der Waals surface area contributed by atoms with Gasteiger partial charge in [0.15, 0.2) is 0 Å². The third-order valence-corrected chi connectivity index (χ3v) is 2.86. The second-order valence-corrected chi connectivity index (χ2v) is 3.93. The first-order valence-electron chi connectivity index (χ1n) is 4.84. The van der Waals surface area contributed by atoms with Crippen molar-refractivity contribution in [1.29, 1.82) is 0 Å². The molecule has 1 rings (SSSR count). The van der Waals surface area contributed by atoms with Gasteiger partial charge in [0.05, 0.1) is 18.5 Å². The van der Waals surface area contributed by atoms with E-state index in [9.17, 15) is 9.59 Å². The second kappa shape index (κ2) is 4.59. The number of hydrogen-bond donors (Lipinski definition) is 3. The highest BCUT2D eigenvalue weighted by Gasteiger charge is 2.43. The lowest BCUT2D eigenvalue weighted by molar-refractivity contribution is -0.142. The molecule has 0 radical (unpaired) electrons. The summed E-state index contributed by atoms with van der Waals surface area (Å²) in [5.74, 6) is -0.936. The van der Waals surface area contributed by atoms with Crippen molar-refractivity contribution < 1.29 is 14.7 Å². The van der Waals surface area contributed by atoms with E-state index in [4.69, 9.17) is 5.11 Å². The lowest BCUT2D eigenvalue weighted by Gasteiger charge is -2.48. The Morgan fingerprint density at radius 2 is 2.13 bits per heavy atom. The van der Waals surface area contributed by atoms with E-state index in [0.717, 1.165) is 0 Å². The van der Waals surface area contributed by atoms with Gasteiger partial charge in [-0.1, -0.05) is 0 Å². The van der Waals surface area contributed by atoms with Gasteiger partial charge in [-0.15, -0.1) is 0 Å². The predicted molar refractivity (Wildman–Crippen MR) is 54.6 cm³/mol. The Bertz CT molecular complexity index is 263. The molecule has 0 atom stereocenters. The summed E-state index contributed by atoms with van der Waals surface area (Å²) in [5.41, 5.74) is -0.404. The second-order valence-electron chi connectivity index (χ2n) is 3.93. The maximum Gasteiger partial charge on any atom is 0.305 e. The quantitative estimate of drug-likeness (QED) is 0.519. The van der Waals surface area contributed by atoms with E-state index in [1.54, 1.807) is 19.0 Å². The molecule has 0 aromatic rings. The Morgan fingerprint density at radius 1 is 1.53 bits per heavy atom. The molecule has 1 aliphatic heterocycles. The summed E-state index contributed by atoms with van der Waals surface area (Å²) >= 11 is 0. The summed E-state index contributed by atoms with van der Waals surface area (Å²) in [6.07, 6.45) is 0.0630. The number of hydrogen-bond acceptors (Lipinski definition) is 4. The number of nitrogens with one attached hydrogen (secondary N) is 2. The van der Waals surface area contributed by atoms with Crippen LogP contribution in [0.25, 0.3) is 0 Å². The minimum absolute atomic E-state index is 0.0630. The molecule has 1 saturated heterocycles. The molecular formula is C9H17N3O3. The van der Waals surface area contributed by atoms with E-state index in [1.165, 1.54) is 0 Å². The van der Waals surface area contributed by atoms with Crippen molar-refractivity contribution in [3.05, 3.63) is 0 Å². The van der Waals surface area contributed by atoms with Gasteiger partial charge in [-0.2, -0.15) is 0 Å². The molecule has 0 bridgehead atoms. The van der Waals surface area contributed by atoms with Gasteiger partial charge in [-0.05, 0) is 7.05 Å². The van der Waals surface area contributed by atoms with Gasteiger partial charge in [0, 0.05) is 20.1 Å². The zero-order chi connectivity index (χ0) is 11.5. The number of nitrogens with zero attached hydrogens (tertiary/aromatic N) is 1. The van der Waals surface area contributed by atoms with Crippen molar-refractivity contribution in [3.63, 3.8) is 0 Å². The Hall–Kier alpha value is -1.14. The highest BCUT2D eigenvalue weighted by atomic mass is 16.4. The van der Waals surface area contributed by atoms with Crippen LogP contribution >= 0.6 is 0 Å². The Morgan fingerprint density at radius 3 is 2.47 bits per heavy atom. The number of carbonyl (C=O) groups excluding carboxylic acids is 1. The number of amides is 1. The van der Waals surface area contributed by atoms with Crippen molar-refractivity contribution in [2.75, 3.05) is 33.7 Å². The molecule has 0 aromatic heterocycles. The van der Waals surface area contributed by atoms with Gasteiger partial charge in [0.2, 0.25) is 5.91 Å². The molecular weight excluding hydrogens is 198 g/mol. The van der Waals surface area contributed by atoms with E-state index in [1.807, 2.05) is 0 Å². The molecule has 1 fully saturated rings. The van der Waals surface area contributed by atoms with E-state index >= 15 is 0 Å². The minimum Gasteiger partial charge on any atom is -0.481 e. The number of carboxylic acid groups (broad SMARTS) is 1. The smallest absolute Gasteiger partial charge is 0.305 e. The van der Waals surface area contributed by atoms with Crippen LogP contribution in [0.1, 0.15) is 6.42 Å². The maximum absolute atomic E-state index is 11.2. The zero-order valence-electron chi connectivity index (χ0n) is 9.04. The fraction of sp³-hybridized carbons (Fsp3) is 0.778. The van der Waals surface area contributed by atoms with E-state index in [0.29, 0.717) is 13.1 Å². The van der Waals surface area contributed by atoms with Crippen LogP contribution in [0.3, 0.4) is 0 Å². The topological polar surface area (TPSA) is 81.7 Å². The number of likely N-dealkylation sites (N-methyl/N-ethyl adjacent to an activating group) is 2. The van der Waals surface area contributed by atoms with Crippen molar-refractivity contribution in [3.8, 4) is 0 Å². The van der Waals surface area contributed by atoms with Crippen LogP contribution in [0, 0.1) is 0 Å². The normalized spacial score (nSPS) is 18.3. The van der Waals surface area contributed by atoms with Crippen molar-refractivity contribution >= 4 is 11.9 Å². The van der Waals surface area contributed by atoms with Crippen LogP contribution in [-0.2, 0) is 9.59 Å². The van der Waals surface area contributed by atoms with Crippen LogP contribution in [-0.4, -0.2) is 61.2 Å². The maximum atomic E-state index is 11.2. The largest absolute Gasteiger partial charge is 0.481 e. The third kappa shape index (κ3) is 2.66. The van der Waals surface area contributed by atoms with Gasteiger partial charge in [0.25, 0.3) is 0 Å². The van der Waals surface area contributed by atoms with E-state index < -0.39 is 11.5 Å². The lowest BCUT2D eigenvalue weighted by Crippen LogP contribution is -2.69. The van der Waals surface area contributed by atoms with E-state index in [-0.39, 0.29) is 18.9 Å². The number of aliphatic carboxylic acids is 1. The molecule has 0 unspecified atom stereocenters. The highest BCUT2D eigenvalue weighted by Crippen LogP contribution is 2.22. The molecule has 6 heteroatoms. The molecule has 15 heavy (non-hydrogen) atoms. The summed E-state index contributed by atoms with van der Waals surface area (Å²) in [6.45, 7) is 1.46. The summed E-state index contributed by atoms with van der Waals surface area (Å²) < 4.78 is 0. The van der Waals surface area contributed by atoms with Crippen molar-refractivity contribution in [2.45, 2.75) is 12.0 Å². The number of rotatable bonds is 5. The Balaban J connectivity index is 2.57. The average molecular weight is 215 g/mol. The first kappa shape index (κ1) is 11.9. The minimum atomic E-state index is -0.833.